The van der Waals surface area contributed by atoms with Gasteiger partial charge in [0.25, 0.3) is 10.7 Å². The van der Waals surface area contributed by atoms with E-state index in [1.54, 1.807) is 0 Å². The smallest absolute Gasteiger partial charge is 0.283 e. The summed E-state index contributed by atoms with van der Waals surface area (Å²) in [7, 11) is -6.79. The van der Waals surface area contributed by atoms with Crippen LogP contribution in [0.2, 0.25) is 0 Å². The number of hydrogen-bond acceptors (Lipinski definition) is 2. The molecular weight excluding hydrogens is 471 g/mol. The highest BCUT2D eigenvalue weighted by molar-refractivity contribution is 7.87. The fraction of sp³-hybridized carbons (Fsp3) is 1.00. The molecule has 3 nitrogen and oxygen atoms in total. The Morgan fingerprint density at radius 2 is 0.759 bits per heavy atom. The van der Waals surface area contributed by atoms with Crippen LogP contribution in [-0.2, 0) is 10.1 Å². The zero-order valence-corrected chi connectivity index (χ0v) is 15.4. The van der Waals surface area contributed by atoms with Crippen molar-refractivity contribution in [3.05, 3.63) is 0 Å². The Bertz CT molecular complexity index is 735. The van der Waals surface area contributed by atoms with Gasteiger partial charge in [-0.05, 0) is 27.7 Å². The molecule has 0 aromatic heterocycles. The monoisotopic (exact) mass is 484 g/mol. The van der Waals surface area contributed by atoms with E-state index < -0.39 is 83.8 Å². The summed E-state index contributed by atoms with van der Waals surface area (Å²) in [4.78, 5) is 0. The molecule has 0 spiro atoms. The highest BCUT2D eigenvalue weighted by atomic mass is 32.2. The van der Waals surface area contributed by atoms with Crippen LogP contribution in [0, 0.1) is 0 Å². The van der Waals surface area contributed by atoms with Crippen LogP contribution in [0.5, 0.6) is 0 Å². The molecule has 0 aliphatic carbocycles. The van der Waals surface area contributed by atoms with Gasteiger partial charge in [0.2, 0.25) is 11.3 Å². The summed E-state index contributed by atoms with van der Waals surface area (Å²) < 4.78 is 207. The van der Waals surface area contributed by atoms with Crippen LogP contribution in [0.15, 0.2) is 0 Å². The molecule has 0 aliphatic heterocycles. The second kappa shape index (κ2) is 6.50. The summed E-state index contributed by atoms with van der Waals surface area (Å²) >= 11 is 0. The van der Waals surface area contributed by atoms with E-state index in [4.69, 9.17) is 4.55 Å². The number of alkyl halides is 13. The van der Waals surface area contributed by atoms with E-state index in [1.807, 2.05) is 0 Å². The summed E-state index contributed by atoms with van der Waals surface area (Å²) in [5, 5.41) is -5.71. The van der Waals surface area contributed by atoms with Crippen LogP contribution in [0.1, 0.15) is 27.7 Å². The number of halogens is 13. The second-order valence-corrected chi connectivity index (χ2v) is 8.34. The maximum Gasteiger partial charge on any atom is 0.428 e. The molecule has 0 amide bonds. The van der Waals surface area contributed by atoms with E-state index in [0.29, 0.717) is 0 Å². The van der Waals surface area contributed by atoms with Gasteiger partial charge in [-0.3, -0.25) is 4.55 Å². The Morgan fingerprint density at radius 3 is 1.00 bits per heavy atom. The van der Waals surface area contributed by atoms with Crippen LogP contribution < -0.4 is 0 Å². The quantitative estimate of drug-likeness (QED) is 0.399. The van der Waals surface area contributed by atoms with E-state index in [0.717, 1.165) is 0 Å². The predicted molar refractivity (Wildman–Crippen MR) is 70.5 cm³/mol. The van der Waals surface area contributed by atoms with Gasteiger partial charge in [0.15, 0.2) is 0 Å². The predicted octanol–water partition coefficient (Wildman–Crippen LogP) is 5.21. The second-order valence-electron chi connectivity index (χ2n) is 6.62. The minimum atomic E-state index is -7.08. The van der Waals surface area contributed by atoms with E-state index in [1.165, 1.54) is 0 Å². The van der Waals surface area contributed by atoms with Gasteiger partial charge in [0.05, 0.1) is 0 Å². The Kier molecular flexibility index (Phi) is 6.27. The van der Waals surface area contributed by atoms with Crippen molar-refractivity contribution in [2.24, 2.45) is 0 Å². The molecule has 29 heavy (non-hydrogen) atoms. The van der Waals surface area contributed by atoms with Crippen molar-refractivity contribution >= 4 is 10.1 Å². The van der Waals surface area contributed by atoms with E-state index in [2.05, 4.69) is 0 Å². The highest BCUT2D eigenvalue weighted by Crippen LogP contribution is 2.62. The topological polar surface area (TPSA) is 54.4 Å². The average Bonchev–Trinajstić information content (AvgIpc) is 2.43. The van der Waals surface area contributed by atoms with Gasteiger partial charge >= 0.3 is 34.1 Å². The summed E-state index contributed by atoms with van der Waals surface area (Å²) in [6.45, 7) is -4.54. The van der Waals surface area contributed by atoms with Gasteiger partial charge in [-0.2, -0.15) is 47.9 Å². The molecule has 0 fully saturated rings. The Hall–Kier alpha value is -1.00. The lowest BCUT2D eigenvalue weighted by Crippen LogP contribution is -2.76. The Balaban J connectivity index is 6.90. The van der Waals surface area contributed by atoms with Gasteiger partial charge in [0.1, 0.15) is 0 Å². The number of rotatable bonds is 7. The normalized spacial score (nSPS) is 23.5. The fourth-order valence-corrected chi connectivity index (χ4v) is 2.55. The molecule has 4 unspecified atom stereocenters. The summed E-state index contributed by atoms with van der Waals surface area (Å²) in [5.41, 5.74) is -19.0. The van der Waals surface area contributed by atoms with Gasteiger partial charge < -0.3 is 0 Å². The van der Waals surface area contributed by atoms with Crippen LogP contribution in [0.3, 0.4) is 0 Å². The molecule has 176 valence electrons. The summed E-state index contributed by atoms with van der Waals surface area (Å²) in [6, 6.07) is 0. The van der Waals surface area contributed by atoms with Crippen molar-refractivity contribution < 1.29 is 70.0 Å². The van der Waals surface area contributed by atoms with Crippen LogP contribution in [0.4, 0.5) is 57.1 Å². The SMILES string of the molecule is CC(F)(C(F)(F)F)C(F)(F)C(C)(F)C(F)(F)C(C)(F)C(F)(F)C(C)(F)S(=O)(=O)O. The molecule has 1 N–H and O–H groups in total. The first-order chi connectivity index (χ1) is 12.0. The lowest BCUT2D eigenvalue weighted by Gasteiger charge is -2.48. The third kappa shape index (κ3) is 3.35. The van der Waals surface area contributed by atoms with Crippen LogP contribution in [0.25, 0.3) is 0 Å². The Labute approximate surface area is 155 Å². The molecule has 0 aromatic carbocycles. The standard InChI is InChI=1S/C12H13F13O3S/c1-5(13,10(19,20)7(3,15)12(23,24)25)9(17,18)6(2,14)11(21,22)8(4,16)29(26,27)28/h1-4H3,(H,26,27,28). The first-order valence-electron chi connectivity index (χ1n) is 6.93. The van der Waals surface area contributed by atoms with Gasteiger partial charge in [-0.15, -0.1) is 0 Å². The Morgan fingerprint density at radius 1 is 0.517 bits per heavy atom. The maximum absolute atomic E-state index is 14.3. The van der Waals surface area contributed by atoms with Crippen molar-refractivity contribution in [3.8, 4) is 0 Å². The average molecular weight is 484 g/mol. The van der Waals surface area contributed by atoms with Gasteiger partial charge in [0, 0.05) is 0 Å². The van der Waals surface area contributed by atoms with Crippen molar-refractivity contribution in [1.29, 1.82) is 0 Å². The lowest BCUT2D eigenvalue weighted by atomic mass is 9.74. The summed E-state index contributed by atoms with van der Waals surface area (Å²) in [6.07, 6.45) is -6.78. The van der Waals surface area contributed by atoms with Crippen molar-refractivity contribution in [1.82, 2.24) is 0 Å². The molecule has 0 saturated heterocycles. The zero-order valence-electron chi connectivity index (χ0n) is 14.6. The van der Waals surface area contributed by atoms with Gasteiger partial charge in [-0.1, -0.05) is 0 Å². The first kappa shape index (κ1) is 28.0. The van der Waals surface area contributed by atoms with E-state index >= 15 is 0 Å². The molecule has 0 aliphatic rings. The fourth-order valence-electron chi connectivity index (χ4n) is 2.04. The molecule has 17 heteroatoms. The molecule has 0 radical (unpaired) electrons. The molecule has 0 saturated carbocycles. The third-order valence-electron chi connectivity index (χ3n) is 4.53. The highest BCUT2D eigenvalue weighted by Gasteiger charge is 2.88. The first-order valence-corrected chi connectivity index (χ1v) is 8.37. The molecule has 0 heterocycles. The van der Waals surface area contributed by atoms with Crippen LogP contribution in [-0.4, -0.2) is 58.9 Å². The van der Waals surface area contributed by atoms with Crippen molar-refractivity contribution in [3.63, 3.8) is 0 Å². The van der Waals surface area contributed by atoms with Crippen molar-refractivity contribution in [2.75, 3.05) is 0 Å². The molecule has 0 bridgehead atoms. The third-order valence-corrected chi connectivity index (χ3v) is 5.75. The van der Waals surface area contributed by atoms with Crippen LogP contribution >= 0.6 is 0 Å². The van der Waals surface area contributed by atoms with Crippen molar-refractivity contribution in [2.45, 2.75) is 73.6 Å². The molecule has 0 rings (SSSR count). The zero-order chi connectivity index (χ0) is 24.5. The lowest BCUT2D eigenvalue weighted by molar-refractivity contribution is -0.379. The number of hydrogen-bond donors (Lipinski definition) is 1. The summed E-state index contributed by atoms with van der Waals surface area (Å²) in [5.74, 6) is -20.8. The van der Waals surface area contributed by atoms with E-state index in [-0.39, 0.29) is 0 Å². The maximum atomic E-state index is 14.3. The van der Waals surface area contributed by atoms with Gasteiger partial charge in [-0.25, -0.2) is 17.6 Å². The minimum absolute atomic E-state index is 0.904. The molecule has 4 atom stereocenters. The largest absolute Gasteiger partial charge is 0.428 e. The molecular formula is C12H13F13O3S. The van der Waals surface area contributed by atoms with E-state index in [9.17, 15) is 65.5 Å². The molecule has 0 aromatic rings. The minimum Gasteiger partial charge on any atom is -0.283 e.